The van der Waals surface area contributed by atoms with Crippen molar-refractivity contribution in [1.82, 2.24) is 0 Å². The lowest BCUT2D eigenvalue weighted by atomic mass is 10.8. The number of rotatable bonds is 2. The number of nitrogens with zero attached hydrogens (tertiary/aromatic N) is 1. The van der Waals surface area contributed by atoms with Crippen molar-refractivity contribution in [2.45, 2.75) is 0 Å². The van der Waals surface area contributed by atoms with Gasteiger partial charge in [-0.05, 0) is 0 Å². The van der Waals surface area contributed by atoms with Gasteiger partial charge >= 0.3 is 12.2 Å². The molecule has 52 valence electrons. The summed E-state index contributed by atoms with van der Waals surface area (Å²) in [4.78, 5) is 14.2. The van der Waals surface area contributed by atoms with Gasteiger partial charge in [-0.15, -0.1) is 0 Å². The summed E-state index contributed by atoms with van der Waals surface area (Å²) in [5.41, 5.74) is 0. The molecule has 0 N–H and O–H groups in total. The molecule has 0 aliphatic carbocycles. The summed E-state index contributed by atoms with van der Waals surface area (Å²) in [5.74, 6) is -0.744. The predicted octanol–water partition coefficient (Wildman–Crippen LogP) is -0.698. The van der Waals surface area contributed by atoms with Crippen LogP contribution in [0, 0.1) is 5.21 Å². The van der Waals surface area contributed by atoms with E-state index in [4.69, 9.17) is 0 Å². The molecule has 0 spiro atoms. The van der Waals surface area contributed by atoms with Crippen LogP contribution in [-0.4, -0.2) is 31.3 Å². The van der Waals surface area contributed by atoms with Gasteiger partial charge in [0.15, 0.2) is 0 Å². The topological polar surface area (TPSA) is 61.6 Å². The van der Waals surface area contributed by atoms with Crippen molar-refractivity contribution >= 4 is 12.2 Å². The molecule has 0 amide bonds. The van der Waals surface area contributed by atoms with Crippen molar-refractivity contribution in [3.63, 3.8) is 0 Å². The van der Waals surface area contributed by atoms with Gasteiger partial charge in [0.05, 0.1) is 7.11 Å². The number of esters is 1. The third-order valence-corrected chi connectivity index (χ3v) is 0.592. The third kappa shape index (κ3) is 3.33. The van der Waals surface area contributed by atoms with Crippen LogP contribution in [0.15, 0.2) is 0 Å². The molecule has 9 heavy (non-hydrogen) atoms. The molecule has 0 aliphatic heterocycles. The van der Waals surface area contributed by atoms with Crippen molar-refractivity contribution in [1.29, 1.82) is 0 Å². The van der Waals surface area contributed by atoms with E-state index in [1.165, 1.54) is 7.11 Å². The zero-order chi connectivity index (χ0) is 7.28. The minimum atomic E-state index is -0.744. The first-order valence-corrected chi connectivity index (χ1v) is 2.14. The van der Waals surface area contributed by atoms with Gasteiger partial charge in [-0.2, -0.15) is 0 Å². The molecule has 0 radical (unpaired) electrons. The summed E-state index contributed by atoms with van der Waals surface area (Å²) in [6.45, 7) is 0. The second-order valence-corrected chi connectivity index (χ2v) is 1.12. The number of methoxy groups -OCH3 is 1. The molecule has 0 fully saturated rings. The minimum absolute atomic E-state index is 0.00579. The van der Waals surface area contributed by atoms with Gasteiger partial charge in [0.25, 0.3) is 0 Å². The summed E-state index contributed by atoms with van der Waals surface area (Å²) < 4.78 is 4.11. The SMILES string of the molecule is COC(=O)/C=[N+](\[O-])OC. The number of hydrogen-bond donors (Lipinski definition) is 0. The predicted molar refractivity (Wildman–Crippen MR) is 28.7 cm³/mol. The molecule has 0 aromatic rings. The van der Waals surface area contributed by atoms with Crippen molar-refractivity contribution in [3.8, 4) is 0 Å². The average molecular weight is 133 g/mol. The van der Waals surface area contributed by atoms with E-state index < -0.39 is 5.97 Å². The fourth-order valence-corrected chi connectivity index (χ4v) is 0.191. The Morgan fingerprint density at radius 3 is 2.56 bits per heavy atom. The molecule has 0 aromatic heterocycles. The van der Waals surface area contributed by atoms with E-state index in [0.29, 0.717) is 6.21 Å². The van der Waals surface area contributed by atoms with E-state index in [1.54, 1.807) is 0 Å². The smallest absolute Gasteiger partial charge is 0.401 e. The highest BCUT2D eigenvalue weighted by Crippen LogP contribution is 1.69. The molecule has 5 heteroatoms. The van der Waals surface area contributed by atoms with E-state index in [-0.39, 0.29) is 4.90 Å². The number of carbonyl (C=O) groups excluding carboxylic acids is 1. The van der Waals surface area contributed by atoms with Crippen LogP contribution >= 0.6 is 0 Å². The van der Waals surface area contributed by atoms with E-state index in [0.717, 1.165) is 7.11 Å². The van der Waals surface area contributed by atoms with Gasteiger partial charge < -0.3 is 9.57 Å². The Bertz CT molecular complexity index is 131. The zero-order valence-electron chi connectivity index (χ0n) is 5.16. The normalized spacial score (nSPS) is 10.7. The molecule has 0 aliphatic rings. The first-order chi connectivity index (χ1) is 4.20. The van der Waals surface area contributed by atoms with E-state index in [2.05, 4.69) is 9.57 Å². The molecule has 0 bridgehead atoms. The number of carbonyl (C=O) groups is 1. The maximum atomic E-state index is 10.2. The molecular weight excluding hydrogens is 126 g/mol. The van der Waals surface area contributed by atoms with Crippen LogP contribution in [0.1, 0.15) is 0 Å². The molecule has 0 unspecified atom stereocenters. The minimum Gasteiger partial charge on any atom is -0.461 e. The van der Waals surface area contributed by atoms with Crippen LogP contribution in [0.3, 0.4) is 0 Å². The van der Waals surface area contributed by atoms with Crippen LogP contribution in [0.4, 0.5) is 0 Å². The summed E-state index contributed by atoms with van der Waals surface area (Å²) in [6, 6.07) is 0. The molecule has 0 heterocycles. The van der Waals surface area contributed by atoms with Gasteiger partial charge in [-0.25, -0.2) is 4.79 Å². The molecule has 0 rings (SSSR count). The largest absolute Gasteiger partial charge is 0.461 e. The Morgan fingerprint density at radius 2 is 2.22 bits per heavy atom. The van der Waals surface area contributed by atoms with E-state index in [9.17, 15) is 10.0 Å². The monoisotopic (exact) mass is 133 g/mol. The summed E-state index contributed by atoms with van der Waals surface area (Å²) >= 11 is 0. The van der Waals surface area contributed by atoms with Gasteiger partial charge in [0.2, 0.25) is 0 Å². The molecular formula is C4H7NO4. The maximum absolute atomic E-state index is 10.2. The Kier molecular flexibility index (Phi) is 3.19. The molecule has 0 saturated heterocycles. The Morgan fingerprint density at radius 1 is 1.67 bits per heavy atom. The van der Waals surface area contributed by atoms with Crippen molar-refractivity contribution in [2.24, 2.45) is 0 Å². The van der Waals surface area contributed by atoms with Crippen LogP contribution < -0.4 is 0 Å². The third-order valence-electron chi connectivity index (χ3n) is 0.592. The Balaban J connectivity index is 3.79. The van der Waals surface area contributed by atoms with Crippen LogP contribution in [0.2, 0.25) is 0 Å². The molecule has 5 nitrogen and oxygen atoms in total. The number of hydrogen-bond acceptors (Lipinski definition) is 4. The lowest BCUT2D eigenvalue weighted by Crippen LogP contribution is -2.12. The number of ether oxygens (including phenoxy) is 1. The quantitative estimate of drug-likeness (QED) is 0.216. The summed E-state index contributed by atoms with van der Waals surface area (Å²) in [5, 5.41) is 10.1. The Labute approximate surface area is 52.0 Å². The van der Waals surface area contributed by atoms with E-state index >= 15 is 0 Å². The highest BCUT2D eigenvalue weighted by atomic mass is 16.9. The fraction of sp³-hybridized carbons (Fsp3) is 0.500. The summed E-state index contributed by atoms with van der Waals surface area (Å²) in [7, 11) is 2.31. The van der Waals surface area contributed by atoms with E-state index in [1.807, 2.05) is 0 Å². The van der Waals surface area contributed by atoms with Crippen LogP contribution in [0.25, 0.3) is 0 Å². The standard InChI is InChI=1S/C4H7NO4/c1-8-4(6)3-5(7)9-2/h3H,1-2H3/b5-3+. The van der Waals surface area contributed by atoms with Crippen LogP contribution in [-0.2, 0) is 14.4 Å². The lowest BCUT2D eigenvalue weighted by molar-refractivity contribution is -0.729. The van der Waals surface area contributed by atoms with Crippen molar-refractivity contribution in [3.05, 3.63) is 5.21 Å². The van der Waals surface area contributed by atoms with Crippen molar-refractivity contribution in [2.75, 3.05) is 14.2 Å². The highest BCUT2D eigenvalue weighted by Gasteiger charge is 2.00. The van der Waals surface area contributed by atoms with Gasteiger partial charge in [0, 0.05) is 12.0 Å². The molecule has 0 atom stereocenters. The molecule has 0 saturated carbocycles. The lowest BCUT2D eigenvalue weighted by Gasteiger charge is -1.93. The second kappa shape index (κ2) is 3.71. The van der Waals surface area contributed by atoms with Crippen LogP contribution in [0.5, 0.6) is 0 Å². The summed E-state index contributed by atoms with van der Waals surface area (Å²) in [6.07, 6.45) is 0.639. The first-order valence-electron chi connectivity index (χ1n) is 2.14. The highest BCUT2D eigenvalue weighted by molar-refractivity contribution is 6.20. The zero-order valence-corrected chi connectivity index (χ0v) is 5.16. The average Bonchev–Trinajstić information content (AvgIpc) is 1.87. The van der Waals surface area contributed by atoms with Gasteiger partial charge in [-0.3, -0.25) is 5.21 Å². The maximum Gasteiger partial charge on any atom is 0.401 e. The van der Waals surface area contributed by atoms with Crippen molar-refractivity contribution < 1.29 is 19.3 Å². The fourth-order valence-electron chi connectivity index (χ4n) is 0.191. The molecule has 0 aromatic carbocycles. The Hall–Kier alpha value is -1.26. The van der Waals surface area contributed by atoms with Gasteiger partial charge in [0.1, 0.15) is 0 Å². The van der Waals surface area contributed by atoms with Gasteiger partial charge in [-0.1, -0.05) is 0 Å². The second-order valence-electron chi connectivity index (χ2n) is 1.12. The first kappa shape index (κ1) is 7.74.